The van der Waals surface area contributed by atoms with E-state index < -0.39 is 33.8 Å². The third-order valence-electron chi connectivity index (χ3n) is 7.36. The summed E-state index contributed by atoms with van der Waals surface area (Å²) in [4.78, 5) is 35.0. The van der Waals surface area contributed by atoms with E-state index in [1.807, 2.05) is 18.2 Å². The van der Waals surface area contributed by atoms with Gasteiger partial charge in [0.15, 0.2) is 0 Å². The summed E-state index contributed by atoms with van der Waals surface area (Å²) in [5, 5.41) is 9.77. The molecule has 2 aromatic heterocycles. The van der Waals surface area contributed by atoms with Gasteiger partial charge in [0.05, 0.1) is 6.04 Å². The van der Waals surface area contributed by atoms with Crippen molar-refractivity contribution in [3.8, 4) is 11.4 Å². The van der Waals surface area contributed by atoms with Gasteiger partial charge in [-0.25, -0.2) is 0 Å². The second-order valence-electron chi connectivity index (χ2n) is 10.7. The molecule has 0 bridgehead atoms. The van der Waals surface area contributed by atoms with E-state index >= 15 is 0 Å². The summed E-state index contributed by atoms with van der Waals surface area (Å²) >= 11 is 0. The van der Waals surface area contributed by atoms with Gasteiger partial charge in [0.2, 0.25) is 17.5 Å². The first-order valence-corrected chi connectivity index (χ1v) is 15.3. The van der Waals surface area contributed by atoms with Gasteiger partial charge in [-0.05, 0) is 50.2 Å². The molecule has 0 unspecified atom stereocenters. The van der Waals surface area contributed by atoms with Crippen LogP contribution in [0.1, 0.15) is 76.4 Å². The number of hydrogen-bond acceptors (Lipinski definition) is 8. The Morgan fingerprint density at radius 2 is 1.78 bits per heavy atom. The largest absolute Gasteiger partial charge is 0.361 e. The minimum absolute atomic E-state index is 0.0486. The van der Waals surface area contributed by atoms with E-state index in [2.05, 4.69) is 37.1 Å². The van der Waals surface area contributed by atoms with Crippen molar-refractivity contribution in [2.75, 3.05) is 0 Å². The Labute approximate surface area is 240 Å². The van der Waals surface area contributed by atoms with Crippen LogP contribution in [0.4, 0.5) is 0 Å². The maximum atomic E-state index is 13.7. The highest BCUT2D eigenvalue weighted by Crippen LogP contribution is 2.39. The van der Waals surface area contributed by atoms with E-state index in [0.717, 1.165) is 32.1 Å². The van der Waals surface area contributed by atoms with Crippen molar-refractivity contribution in [2.45, 2.75) is 82.7 Å². The molecule has 1 aromatic carbocycles. The van der Waals surface area contributed by atoms with E-state index in [4.69, 9.17) is 4.52 Å². The lowest BCUT2D eigenvalue weighted by atomic mass is 9.71. The fourth-order valence-corrected chi connectivity index (χ4v) is 6.09. The van der Waals surface area contributed by atoms with Crippen LogP contribution in [-0.4, -0.2) is 53.2 Å². The molecule has 2 heterocycles. The number of ketones is 1. The molecular weight excluding hydrogens is 544 g/mol. The molecule has 1 amide bonds. The van der Waals surface area contributed by atoms with Gasteiger partial charge in [-0.2, -0.15) is 13.4 Å². The maximum Gasteiger partial charge on any atom is 0.296 e. The fourth-order valence-electron chi connectivity index (χ4n) is 5.13. The minimum atomic E-state index is -4.03. The summed E-state index contributed by atoms with van der Waals surface area (Å²) in [5.74, 6) is -0.783. The normalized spacial score (nSPS) is 16.9. The Morgan fingerprint density at radius 1 is 1.05 bits per heavy atom. The van der Waals surface area contributed by atoms with Crippen molar-refractivity contribution in [1.82, 2.24) is 25.8 Å². The van der Waals surface area contributed by atoms with Crippen LogP contribution in [-0.2, 0) is 14.8 Å². The molecule has 1 aliphatic rings. The topological polar surface area (TPSA) is 157 Å². The Kier molecular flexibility index (Phi) is 9.64. The summed E-state index contributed by atoms with van der Waals surface area (Å²) in [5.41, 5.74) is 0.576. The molecule has 12 heteroatoms. The lowest BCUT2D eigenvalue weighted by molar-refractivity contribution is -0.124. The number of nitrogens with zero attached hydrogens (tertiary/aromatic N) is 4. The number of carbonyl (C=O) groups excluding carboxylic acids is 2. The van der Waals surface area contributed by atoms with Gasteiger partial charge < -0.3 is 15.2 Å². The van der Waals surface area contributed by atoms with Gasteiger partial charge in [-0.1, -0.05) is 68.6 Å². The van der Waals surface area contributed by atoms with E-state index in [-0.39, 0.29) is 27.9 Å². The number of hydrogen-bond donors (Lipinski definition) is 2. The number of amides is 1. The predicted octanol–water partition coefficient (Wildman–Crippen LogP) is 4.34. The number of amidine groups is 1. The molecule has 0 spiro atoms. The van der Waals surface area contributed by atoms with Crippen molar-refractivity contribution < 1.29 is 22.5 Å². The van der Waals surface area contributed by atoms with Gasteiger partial charge in [-0.3, -0.25) is 14.6 Å². The van der Waals surface area contributed by atoms with Gasteiger partial charge in [0.1, 0.15) is 16.8 Å². The fraction of sp³-hybridized carbons (Fsp3) is 0.448. The molecule has 3 aromatic rings. The number of benzene rings is 1. The minimum Gasteiger partial charge on any atom is -0.361 e. The Bertz CT molecular complexity index is 1470. The van der Waals surface area contributed by atoms with Crippen LogP contribution in [0, 0.1) is 5.41 Å². The van der Waals surface area contributed by atoms with Crippen molar-refractivity contribution in [3.05, 3.63) is 60.7 Å². The number of carbonyl (C=O) groups is 2. The summed E-state index contributed by atoms with van der Waals surface area (Å²) in [6.45, 7) is 5.41. The lowest BCUT2D eigenvalue weighted by Crippen LogP contribution is -2.52. The van der Waals surface area contributed by atoms with Crippen molar-refractivity contribution in [3.63, 3.8) is 0 Å². The number of rotatable bonds is 11. The average molecular weight is 581 g/mol. The van der Waals surface area contributed by atoms with Crippen LogP contribution in [0.15, 0.2) is 68.7 Å². The van der Waals surface area contributed by atoms with Crippen LogP contribution < -0.4 is 10.6 Å². The highest BCUT2D eigenvalue weighted by atomic mass is 32.2. The monoisotopic (exact) mass is 580 g/mol. The summed E-state index contributed by atoms with van der Waals surface area (Å²) in [6.07, 6.45) is 8.59. The molecule has 218 valence electrons. The van der Waals surface area contributed by atoms with Crippen LogP contribution in [0.5, 0.6) is 0 Å². The molecular formula is C29H36N6O5S. The number of Topliss-reactive ketones (excluding diaryl/α,β-unsaturated/α-hetero) is 1. The molecule has 2 atom stereocenters. The molecule has 1 fully saturated rings. The predicted molar refractivity (Wildman–Crippen MR) is 154 cm³/mol. The zero-order valence-corrected chi connectivity index (χ0v) is 24.4. The summed E-state index contributed by atoms with van der Waals surface area (Å²) in [6, 6.07) is 10.3. The molecule has 0 radical (unpaired) electrons. The van der Waals surface area contributed by atoms with Gasteiger partial charge >= 0.3 is 0 Å². The quantitative estimate of drug-likeness (QED) is 0.191. The van der Waals surface area contributed by atoms with Crippen molar-refractivity contribution >= 4 is 27.5 Å². The van der Waals surface area contributed by atoms with E-state index in [1.165, 1.54) is 31.5 Å². The zero-order chi connectivity index (χ0) is 29.5. The molecule has 2 N–H and O–H groups in total. The second-order valence-corrected chi connectivity index (χ2v) is 12.3. The Balaban J connectivity index is 1.53. The third-order valence-corrected chi connectivity index (χ3v) is 8.71. The van der Waals surface area contributed by atoms with Gasteiger partial charge in [0, 0.05) is 18.0 Å². The lowest BCUT2D eigenvalue weighted by Gasteiger charge is -2.37. The number of nitrogens with one attached hydrogen (secondary N) is 2. The first-order chi connectivity index (χ1) is 19.6. The molecule has 11 nitrogen and oxygen atoms in total. The Morgan fingerprint density at radius 3 is 2.44 bits per heavy atom. The number of pyridine rings is 1. The van der Waals surface area contributed by atoms with Crippen LogP contribution in [0.3, 0.4) is 0 Å². The van der Waals surface area contributed by atoms with Crippen LogP contribution in [0.25, 0.3) is 11.4 Å². The van der Waals surface area contributed by atoms with E-state index in [9.17, 15) is 18.0 Å². The number of sulfonamides is 1. The first-order valence-electron chi connectivity index (χ1n) is 13.8. The SMILES string of the molecule is CC[C@H](NC(=O)[C@H](CC1(C)CCCCC1)N/C(C)=N/S(=O)(=O)c1cccnc1)C(=O)c1nc(-c2ccccc2)no1. The van der Waals surface area contributed by atoms with E-state index in [0.29, 0.717) is 18.4 Å². The highest BCUT2D eigenvalue weighted by Gasteiger charge is 2.35. The zero-order valence-electron chi connectivity index (χ0n) is 23.5. The first kappa shape index (κ1) is 30.0. The molecule has 41 heavy (non-hydrogen) atoms. The van der Waals surface area contributed by atoms with Crippen LogP contribution >= 0.6 is 0 Å². The summed E-state index contributed by atoms with van der Waals surface area (Å²) < 4.78 is 34.7. The van der Waals surface area contributed by atoms with Crippen molar-refractivity contribution in [2.24, 2.45) is 9.81 Å². The third kappa shape index (κ3) is 7.84. The highest BCUT2D eigenvalue weighted by molar-refractivity contribution is 7.90. The number of aromatic nitrogens is 3. The second kappa shape index (κ2) is 13.2. The molecule has 1 aliphatic carbocycles. The summed E-state index contributed by atoms with van der Waals surface area (Å²) in [7, 11) is -4.03. The molecule has 1 saturated carbocycles. The van der Waals surface area contributed by atoms with E-state index in [1.54, 1.807) is 19.1 Å². The smallest absolute Gasteiger partial charge is 0.296 e. The van der Waals surface area contributed by atoms with Gasteiger partial charge in [-0.15, -0.1) is 4.40 Å². The molecule has 0 saturated heterocycles. The maximum absolute atomic E-state index is 13.7. The standard InChI is InChI=1S/C29H36N6O5S/c1-4-23(25(36)28-33-26(34-40-28)21-12-7-5-8-13-21)32-27(37)24(18-29(3)15-9-6-10-16-29)31-20(2)35-41(38,39)22-14-11-17-30-19-22/h5,7-8,11-14,17,19,23-24H,4,6,9-10,15-16,18H2,1-3H3,(H,31,35)(H,32,37)/t23-,24-/m0/s1. The average Bonchev–Trinajstić information content (AvgIpc) is 3.46. The molecule has 0 aliphatic heterocycles. The van der Waals surface area contributed by atoms with Crippen molar-refractivity contribution in [1.29, 1.82) is 0 Å². The Hall–Kier alpha value is -3.93. The molecule has 4 rings (SSSR count). The van der Waals surface area contributed by atoms with Gasteiger partial charge in [0.25, 0.3) is 15.9 Å². The van der Waals surface area contributed by atoms with Crippen LogP contribution in [0.2, 0.25) is 0 Å².